The molecule has 1 aromatic rings. The molecular weight excluding hydrogens is 238 g/mol. The number of hydrogen-bond donors (Lipinski definition) is 1. The number of likely N-dealkylation sites (N-methyl/N-ethyl adjacent to an activating group) is 2. The molecular formula is C13H20F2N2O. The zero-order chi connectivity index (χ0) is 13.5. The smallest absolute Gasteiger partial charge is 0.251 e. The van der Waals surface area contributed by atoms with Gasteiger partial charge in [0.2, 0.25) is 0 Å². The van der Waals surface area contributed by atoms with Crippen LogP contribution in [0.3, 0.4) is 0 Å². The molecule has 0 aliphatic carbocycles. The van der Waals surface area contributed by atoms with Crippen LogP contribution in [0.5, 0.6) is 5.75 Å². The molecule has 3 nitrogen and oxygen atoms in total. The van der Waals surface area contributed by atoms with E-state index in [9.17, 15) is 8.78 Å². The van der Waals surface area contributed by atoms with Gasteiger partial charge in [0.15, 0.2) is 0 Å². The second kappa shape index (κ2) is 7.28. The van der Waals surface area contributed by atoms with Gasteiger partial charge in [0.05, 0.1) is 13.7 Å². The summed E-state index contributed by atoms with van der Waals surface area (Å²) in [6.07, 6.45) is -2.31. The lowest BCUT2D eigenvalue weighted by Crippen LogP contribution is -2.34. The third-order valence-electron chi connectivity index (χ3n) is 2.79. The summed E-state index contributed by atoms with van der Waals surface area (Å²) in [7, 11) is 5.12. The highest BCUT2D eigenvalue weighted by molar-refractivity contribution is 5.30. The third-order valence-corrected chi connectivity index (χ3v) is 2.79. The Kier molecular flexibility index (Phi) is 6.01. The number of nitrogens with zero attached hydrogens (tertiary/aromatic N) is 1. The van der Waals surface area contributed by atoms with Crippen molar-refractivity contribution in [2.45, 2.75) is 12.5 Å². The van der Waals surface area contributed by atoms with Crippen molar-refractivity contribution in [1.29, 1.82) is 0 Å². The van der Waals surface area contributed by atoms with E-state index in [0.29, 0.717) is 6.54 Å². The van der Waals surface area contributed by atoms with Crippen LogP contribution < -0.4 is 10.1 Å². The van der Waals surface area contributed by atoms with Crippen LogP contribution in [0.2, 0.25) is 0 Å². The van der Waals surface area contributed by atoms with Crippen molar-refractivity contribution in [1.82, 2.24) is 10.2 Å². The first-order valence-corrected chi connectivity index (χ1v) is 5.84. The zero-order valence-corrected chi connectivity index (χ0v) is 11.0. The van der Waals surface area contributed by atoms with Crippen LogP contribution in [-0.2, 0) is 0 Å². The molecule has 18 heavy (non-hydrogen) atoms. The Morgan fingerprint density at radius 3 is 2.61 bits per heavy atom. The summed E-state index contributed by atoms with van der Waals surface area (Å²) in [6.45, 7) is 0.302. The number of benzene rings is 1. The van der Waals surface area contributed by atoms with Crippen molar-refractivity contribution in [3.05, 3.63) is 29.8 Å². The van der Waals surface area contributed by atoms with E-state index in [2.05, 4.69) is 5.32 Å². The molecule has 5 heteroatoms. The maximum absolute atomic E-state index is 12.3. The van der Waals surface area contributed by atoms with Crippen LogP contribution in [0.1, 0.15) is 11.6 Å². The van der Waals surface area contributed by atoms with Gasteiger partial charge in [-0.3, -0.25) is 4.90 Å². The van der Waals surface area contributed by atoms with Gasteiger partial charge in [-0.2, -0.15) is 0 Å². The summed E-state index contributed by atoms with van der Waals surface area (Å²) in [5.74, 6) is 0.768. The second-order valence-electron chi connectivity index (χ2n) is 4.23. The molecule has 0 aliphatic rings. The van der Waals surface area contributed by atoms with Gasteiger partial charge in [0, 0.05) is 12.6 Å². The van der Waals surface area contributed by atoms with Gasteiger partial charge in [-0.25, -0.2) is 8.78 Å². The fourth-order valence-electron chi connectivity index (χ4n) is 1.84. The van der Waals surface area contributed by atoms with Crippen molar-refractivity contribution in [3.63, 3.8) is 0 Å². The molecule has 0 heterocycles. The molecule has 1 atom stereocenters. The fraction of sp³-hybridized carbons (Fsp3) is 0.538. The van der Waals surface area contributed by atoms with Gasteiger partial charge in [-0.15, -0.1) is 0 Å². The Balaban J connectivity index is 2.70. The summed E-state index contributed by atoms with van der Waals surface area (Å²) < 4.78 is 29.7. The van der Waals surface area contributed by atoms with Crippen molar-refractivity contribution in [3.8, 4) is 5.75 Å². The lowest BCUT2D eigenvalue weighted by atomic mass is 10.1. The summed E-state index contributed by atoms with van der Waals surface area (Å²) >= 11 is 0. The average Bonchev–Trinajstić information content (AvgIpc) is 2.35. The highest BCUT2D eigenvalue weighted by Gasteiger charge is 2.15. The summed E-state index contributed by atoms with van der Waals surface area (Å²) in [5, 5.41) is 3.13. The van der Waals surface area contributed by atoms with Crippen molar-refractivity contribution >= 4 is 0 Å². The first-order valence-electron chi connectivity index (χ1n) is 5.84. The maximum atomic E-state index is 12.3. The lowest BCUT2D eigenvalue weighted by molar-refractivity contribution is 0.0963. The van der Waals surface area contributed by atoms with Gasteiger partial charge in [-0.05, 0) is 31.8 Å². The van der Waals surface area contributed by atoms with E-state index in [1.807, 2.05) is 31.3 Å². The van der Waals surface area contributed by atoms with Crippen molar-refractivity contribution in [2.24, 2.45) is 0 Å². The van der Waals surface area contributed by atoms with Gasteiger partial charge < -0.3 is 10.1 Å². The number of rotatable bonds is 7. The molecule has 0 saturated heterocycles. The summed E-state index contributed by atoms with van der Waals surface area (Å²) in [5.41, 5.74) is 1.03. The largest absolute Gasteiger partial charge is 0.497 e. The number of alkyl halides is 2. The molecule has 0 amide bonds. The number of halogens is 2. The molecule has 0 aromatic heterocycles. The number of nitrogens with one attached hydrogen (secondary N) is 1. The Morgan fingerprint density at radius 2 is 2.06 bits per heavy atom. The Morgan fingerprint density at radius 1 is 1.33 bits per heavy atom. The predicted molar refractivity (Wildman–Crippen MR) is 68.3 cm³/mol. The van der Waals surface area contributed by atoms with Gasteiger partial charge in [-0.1, -0.05) is 12.1 Å². The Hall–Kier alpha value is -1.20. The highest BCUT2D eigenvalue weighted by Crippen LogP contribution is 2.19. The molecule has 0 spiro atoms. The minimum absolute atomic E-state index is 0.00356. The average molecular weight is 258 g/mol. The fourth-order valence-corrected chi connectivity index (χ4v) is 1.84. The number of methoxy groups -OCH3 is 1. The quantitative estimate of drug-likeness (QED) is 0.811. The van der Waals surface area contributed by atoms with Crippen LogP contribution in [0, 0.1) is 0 Å². The molecule has 0 saturated carbocycles. The van der Waals surface area contributed by atoms with E-state index in [1.54, 1.807) is 19.1 Å². The highest BCUT2D eigenvalue weighted by atomic mass is 19.3. The minimum atomic E-state index is -2.31. The van der Waals surface area contributed by atoms with Gasteiger partial charge >= 0.3 is 0 Å². The topological polar surface area (TPSA) is 24.5 Å². The standard InChI is InChI=1S/C13H20F2N2O/c1-16-12(8-17(2)9-13(14)15)10-5-4-6-11(7-10)18-3/h4-7,12-13,16H,8-9H2,1-3H3. The Labute approximate surface area is 107 Å². The van der Waals surface area contributed by atoms with Crippen LogP contribution in [0.4, 0.5) is 8.78 Å². The zero-order valence-electron chi connectivity index (χ0n) is 11.0. The summed E-state index contributed by atoms with van der Waals surface area (Å²) in [6, 6.07) is 7.63. The minimum Gasteiger partial charge on any atom is -0.497 e. The third kappa shape index (κ3) is 4.58. The van der Waals surface area contributed by atoms with E-state index in [-0.39, 0.29) is 12.6 Å². The maximum Gasteiger partial charge on any atom is 0.251 e. The molecule has 1 N–H and O–H groups in total. The predicted octanol–water partition coefficient (Wildman–Crippen LogP) is 2.15. The SMILES string of the molecule is CNC(CN(C)CC(F)F)c1cccc(OC)c1. The van der Waals surface area contributed by atoms with Gasteiger partial charge in [0.1, 0.15) is 5.75 Å². The molecule has 1 aromatic carbocycles. The van der Waals surface area contributed by atoms with Crippen LogP contribution in [0.25, 0.3) is 0 Å². The number of hydrogen-bond acceptors (Lipinski definition) is 3. The van der Waals surface area contributed by atoms with Gasteiger partial charge in [0.25, 0.3) is 6.43 Å². The van der Waals surface area contributed by atoms with Crippen molar-refractivity contribution < 1.29 is 13.5 Å². The van der Waals surface area contributed by atoms with Crippen LogP contribution >= 0.6 is 0 Å². The molecule has 0 radical (unpaired) electrons. The summed E-state index contributed by atoms with van der Waals surface area (Å²) in [4.78, 5) is 1.62. The molecule has 102 valence electrons. The molecule has 0 fully saturated rings. The second-order valence-corrected chi connectivity index (χ2v) is 4.23. The van der Waals surface area contributed by atoms with E-state index in [4.69, 9.17) is 4.74 Å². The van der Waals surface area contributed by atoms with E-state index in [1.165, 1.54) is 0 Å². The lowest BCUT2D eigenvalue weighted by Gasteiger charge is -2.24. The molecule has 0 aliphatic heterocycles. The first-order chi connectivity index (χ1) is 8.56. The van der Waals surface area contributed by atoms with E-state index in [0.717, 1.165) is 11.3 Å². The monoisotopic (exact) mass is 258 g/mol. The van der Waals surface area contributed by atoms with Crippen molar-refractivity contribution in [2.75, 3.05) is 34.3 Å². The molecule has 1 rings (SSSR count). The van der Waals surface area contributed by atoms with E-state index < -0.39 is 6.43 Å². The molecule has 0 bridgehead atoms. The number of ether oxygens (including phenoxy) is 1. The molecule has 1 unspecified atom stereocenters. The normalized spacial score (nSPS) is 13.1. The Bertz CT molecular complexity index is 361. The van der Waals surface area contributed by atoms with E-state index >= 15 is 0 Å². The van der Waals surface area contributed by atoms with Crippen LogP contribution in [-0.4, -0.2) is 45.6 Å². The first kappa shape index (κ1) is 14.9. The van der Waals surface area contributed by atoms with Crippen LogP contribution in [0.15, 0.2) is 24.3 Å².